The molecular weight excluding hydrogens is 421 g/mol. The van der Waals surface area contributed by atoms with Crippen LogP contribution in [0, 0.1) is 5.92 Å². The molecule has 2 aliphatic heterocycles. The van der Waals surface area contributed by atoms with E-state index in [2.05, 4.69) is 10.3 Å². The average Bonchev–Trinajstić information content (AvgIpc) is 3.29. The Balaban J connectivity index is 1.52. The number of nitrogens with one attached hydrogen (secondary N) is 1. The number of rotatable bonds is 2. The Morgan fingerprint density at radius 3 is 2.40 bits per heavy atom. The van der Waals surface area contributed by atoms with Crippen LogP contribution < -0.4 is 5.32 Å². The number of carbonyl (C=O) groups excluding carboxylic acids is 2. The molecule has 30 heavy (non-hydrogen) atoms. The minimum atomic E-state index is -4.53. The quantitative estimate of drug-likeness (QED) is 0.705. The van der Waals surface area contributed by atoms with Gasteiger partial charge in [0.1, 0.15) is 5.60 Å². The number of hydrogen-bond donors (Lipinski definition) is 1. The van der Waals surface area contributed by atoms with Crippen molar-refractivity contribution in [1.82, 2.24) is 14.8 Å². The zero-order valence-corrected chi connectivity index (χ0v) is 18.1. The minimum absolute atomic E-state index is 0.0682. The number of nitrogens with zero attached hydrogens (tertiary/aromatic N) is 3. The van der Waals surface area contributed by atoms with Gasteiger partial charge in [0.05, 0.1) is 0 Å². The molecule has 1 atom stereocenters. The Labute approximate surface area is 177 Å². The number of urea groups is 1. The third kappa shape index (κ3) is 5.55. The van der Waals surface area contributed by atoms with Crippen molar-refractivity contribution >= 4 is 28.6 Å². The summed E-state index contributed by atoms with van der Waals surface area (Å²) in [6.45, 7) is 7.15. The van der Waals surface area contributed by atoms with Gasteiger partial charge in [-0.1, -0.05) is 0 Å². The molecule has 1 aromatic rings. The summed E-state index contributed by atoms with van der Waals surface area (Å²) in [5.41, 5.74) is -1.56. The molecule has 3 heterocycles. The Kier molecular flexibility index (Phi) is 6.49. The van der Waals surface area contributed by atoms with Crippen LogP contribution in [-0.2, 0) is 10.9 Å². The van der Waals surface area contributed by atoms with Crippen molar-refractivity contribution in [1.29, 1.82) is 0 Å². The third-order valence-corrected chi connectivity index (χ3v) is 6.06. The molecule has 11 heteroatoms. The van der Waals surface area contributed by atoms with E-state index in [4.69, 9.17) is 4.74 Å². The molecule has 3 rings (SSSR count). The number of hydrogen-bond acceptors (Lipinski definition) is 5. The first-order valence-corrected chi connectivity index (χ1v) is 10.9. The Morgan fingerprint density at radius 2 is 1.83 bits per heavy atom. The number of likely N-dealkylation sites (tertiary alicyclic amines) is 2. The van der Waals surface area contributed by atoms with Crippen molar-refractivity contribution in [3.8, 4) is 0 Å². The van der Waals surface area contributed by atoms with Gasteiger partial charge in [0.2, 0.25) is 0 Å². The highest BCUT2D eigenvalue weighted by Crippen LogP contribution is 2.33. The molecule has 3 amide bonds. The number of piperidine rings is 1. The largest absolute Gasteiger partial charge is 0.444 e. The SMILES string of the molecule is CC(C)(C)OC(=O)N1CCCC1C1CCN(C(=O)Nc2nc(C(F)(F)F)cs2)CC1. The first-order chi connectivity index (χ1) is 13.9. The Morgan fingerprint density at radius 1 is 1.17 bits per heavy atom. The Hall–Kier alpha value is -2.04. The lowest BCUT2D eigenvalue weighted by atomic mass is 9.88. The second-order valence-electron chi connectivity index (χ2n) is 8.67. The van der Waals surface area contributed by atoms with E-state index in [9.17, 15) is 22.8 Å². The fourth-order valence-electron chi connectivity index (χ4n) is 3.95. The van der Waals surface area contributed by atoms with E-state index in [-0.39, 0.29) is 23.2 Å². The predicted molar refractivity (Wildman–Crippen MR) is 106 cm³/mol. The van der Waals surface area contributed by atoms with Crippen LogP contribution in [0.2, 0.25) is 0 Å². The summed E-state index contributed by atoms with van der Waals surface area (Å²) in [6, 6.07) is -0.356. The van der Waals surface area contributed by atoms with E-state index in [1.54, 1.807) is 9.80 Å². The highest BCUT2D eigenvalue weighted by Gasteiger charge is 2.39. The number of halogens is 3. The van der Waals surface area contributed by atoms with Gasteiger partial charge in [0.15, 0.2) is 10.8 Å². The lowest BCUT2D eigenvalue weighted by Gasteiger charge is -2.38. The highest BCUT2D eigenvalue weighted by molar-refractivity contribution is 7.13. The zero-order chi connectivity index (χ0) is 22.1. The van der Waals surface area contributed by atoms with E-state index in [0.29, 0.717) is 19.6 Å². The molecule has 2 aliphatic rings. The molecule has 1 N–H and O–H groups in total. The van der Waals surface area contributed by atoms with Crippen molar-refractivity contribution < 1.29 is 27.5 Å². The van der Waals surface area contributed by atoms with Gasteiger partial charge in [-0.2, -0.15) is 13.2 Å². The summed E-state index contributed by atoms with van der Waals surface area (Å²) in [4.78, 5) is 31.7. The van der Waals surface area contributed by atoms with Crippen LogP contribution in [0.5, 0.6) is 0 Å². The number of amides is 3. The molecule has 0 radical (unpaired) electrons. The maximum absolute atomic E-state index is 12.6. The number of thiazole rings is 1. The van der Waals surface area contributed by atoms with Gasteiger partial charge >= 0.3 is 18.3 Å². The topological polar surface area (TPSA) is 74.8 Å². The molecular formula is C19H27F3N4O3S. The van der Waals surface area contributed by atoms with Crippen LogP contribution in [0.15, 0.2) is 5.38 Å². The normalized spacial score (nSPS) is 21.1. The van der Waals surface area contributed by atoms with E-state index in [1.807, 2.05) is 20.8 Å². The molecule has 0 aromatic carbocycles. The van der Waals surface area contributed by atoms with E-state index < -0.39 is 23.5 Å². The predicted octanol–water partition coefficient (Wildman–Crippen LogP) is 4.81. The summed E-state index contributed by atoms with van der Waals surface area (Å²) in [5, 5.41) is 3.27. The van der Waals surface area contributed by atoms with Crippen LogP contribution in [0.25, 0.3) is 0 Å². The van der Waals surface area contributed by atoms with Crippen molar-refractivity contribution in [3.05, 3.63) is 11.1 Å². The monoisotopic (exact) mass is 448 g/mol. The van der Waals surface area contributed by atoms with Crippen LogP contribution in [0.1, 0.15) is 52.1 Å². The number of carbonyl (C=O) groups is 2. The minimum Gasteiger partial charge on any atom is -0.444 e. The number of ether oxygens (including phenoxy) is 1. The van der Waals surface area contributed by atoms with E-state index >= 15 is 0 Å². The van der Waals surface area contributed by atoms with Crippen molar-refractivity contribution in [3.63, 3.8) is 0 Å². The molecule has 0 bridgehead atoms. The number of alkyl halides is 3. The first kappa shape index (κ1) is 22.6. The standard InChI is InChI=1S/C19H27F3N4O3S/c1-18(2,3)29-17(28)26-8-4-5-13(26)12-6-9-25(10-7-12)16(27)24-15-23-14(11-30-15)19(20,21)22/h11-13H,4-10H2,1-3H3,(H,23,24,27). The van der Waals surface area contributed by atoms with E-state index in [1.165, 1.54) is 0 Å². The van der Waals surface area contributed by atoms with Gasteiger partial charge in [-0.05, 0) is 52.4 Å². The van der Waals surface area contributed by atoms with Gasteiger partial charge < -0.3 is 14.5 Å². The second-order valence-corrected chi connectivity index (χ2v) is 9.53. The highest BCUT2D eigenvalue weighted by atomic mass is 32.1. The maximum atomic E-state index is 12.6. The fourth-order valence-corrected chi connectivity index (χ4v) is 4.66. The van der Waals surface area contributed by atoms with Crippen molar-refractivity contribution in [2.24, 2.45) is 5.92 Å². The van der Waals surface area contributed by atoms with Crippen LogP contribution in [0.3, 0.4) is 0 Å². The molecule has 2 saturated heterocycles. The van der Waals surface area contributed by atoms with Crippen LogP contribution in [0.4, 0.5) is 27.9 Å². The number of aromatic nitrogens is 1. The van der Waals surface area contributed by atoms with Crippen LogP contribution >= 0.6 is 11.3 Å². The van der Waals surface area contributed by atoms with Gasteiger partial charge in [-0.3, -0.25) is 5.32 Å². The summed E-state index contributed by atoms with van der Waals surface area (Å²) < 4.78 is 43.5. The lowest BCUT2D eigenvalue weighted by molar-refractivity contribution is -0.140. The van der Waals surface area contributed by atoms with Gasteiger partial charge in [0.25, 0.3) is 0 Å². The summed E-state index contributed by atoms with van der Waals surface area (Å²) in [6.07, 6.45) is -1.54. The molecule has 7 nitrogen and oxygen atoms in total. The molecule has 1 aromatic heterocycles. The smallest absolute Gasteiger partial charge is 0.434 e. The zero-order valence-electron chi connectivity index (χ0n) is 17.3. The van der Waals surface area contributed by atoms with Gasteiger partial charge in [-0.25, -0.2) is 14.6 Å². The molecule has 0 spiro atoms. The number of anilines is 1. The third-order valence-electron chi connectivity index (χ3n) is 5.31. The van der Waals surface area contributed by atoms with Gasteiger partial charge in [-0.15, -0.1) is 11.3 Å². The summed E-state index contributed by atoms with van der Waals surface area (Å²) in [7, 11) is 0. The van der Waals surface area contributed by atoms with Crippen LogP contribution in [-0.4, -0.2) is 58.2 Å². The molecule has 1 unspecified atom stereocenters. The van der Waals surface area contributed by atoms with E-state index in [0.717, 1.165) is 42.4 Å². The second kappa shape index (κ2) is 8.60. The summed E-state index contributed by atoms with van der Waals surface area (Å²) in [5.74, 6) is 0.265. The maximum Gasteiger partial charge on any atom is 0.434 e. The molecule has 168 valence electrons. The van der Waals surface area contributed by atoms with Crippen molar-refractivity contribution in [2.45, 2.75) is 64.3 Å². The first-order valence-electron chi connectivity index (χ1n) is 10.0. The summed E-state index contributed by atoms with van der Waals surface area (Å²) >= 11 is 0.750. The average molecular weight is 449 g/mol. The van der Waals surface area contributed by atoms with Crippen molar-refractivity contribution in [2.75, 3.05) is 25.0 Å². The lowest BCUT2D eigenvalue weighted by Crippen LogP contribution is -2.48. The fraction of sp³-hybridized carbons (Fsp3) is 0.737. The molecule has 2 fully saturated rings. The molecule has 0 aliphatic carbocycles. The molecule has 0 saturated carbocycles. The Bertz CT molecular complexity index is 770. The van der Waals surface area contributed by atoms with Gasteiger partial charge in [0, 0.05) is 31.1 Å².